The minimum Gasteiger partial charge on any atom is -0.372 e. The van der Waals surface area contributed by atoms with Gasteiger partial charge in [-0.2, -0.15) is 0 Å². The van der Waals surface area contributed by atoms with Crippen LogP contribution in [0.25, 0.3) is 0 Å². The number of ether oxygens (including phenoxy) is 1. The number of hydrogen-bond acceptors (Lipinski definition) is 2. The first-order valence-electron chi connectivity index (χ1n) is 13.7. The summed E-state index contributed by atoms with van der Waals surface area (Å²) < 4.78 is 33.9. The van der Waals surface area contributed by atoms with E-state index in [1.807, 2.05) is 0 Å². The van der Waals surface area contributed by atoms with E-state index in [4.69, 9.17) is 4.74 Å². The van der Waals surface area contributed by atoms with Gasteiger partial charge in [0, 0.05) is 32.3 Å². The zero-order chi connectivity index (χ0) is 25.8. The number of hydrogen-bond donors (Lipinski definition) is 0. The summed E-state index contributed by atoms with van der Waals surface area (Å²) in [5.74, 6) is 0.360. The maximum absolute atomic E-state index is 14.1. The molecule has 0 saturated carbocycles. The van der Waals surface area contributed by atoms with Crippen molar-refractivity contribution in [3.63, 3.8) is 0 Å². The lowest BCUT2D eigenvalue weighted by atomic mass is 9.95. The van der Waals surface area contributed by atoms with Gasteiger partial charge in [0.2, 0.25) is 0 Å². The third-order valence-electron chi connectivity index (χ3n) is 7.55. The van der Waals surface area contributed by atoms with E-state index in [1.165, 1.54) is 48.4 Å². The van der Waals surface area contributed by atoms with E-state index >= 15 is 0 Å². The van der Waals surface area contributed by atoms with Gasteiger partial charge in [0.05, 0.1) is 6.10 Å². The molecule has 0 heterocycles. The molecule has 2 nitrogen and oxygen atoms in total. The van der Waals surface area contributed by atoms with Gasteiger partial charge in [-0.05, 0) is 66.8 Å². The third kappa shape index (κ3) is 9.31. The predicted molar refractivity (Wildman–Crippen MR) is 144 cm³/mol. The molecule has 1 unspecified atom stereocenters. The molecule has 0 fully saturated rings. The van der Waals surface area contributed by atoms with Crippen molar-refractivity contribution in [1.29, 1.82) is 0 Å². The zero-order valence-electron chi connectivity index (χ0n) is 22.9. The predicted octanol–water partition coefficient (Wildman–Crippen LogP) is 8.45. The number of aryl methyl sites for hydroxylation is 3. The topological polar surface area (TPSA) is 12.5 Å². The van der Waals surface area contributed by atoms with Gasteiger partial charge in [0.1, 0.15) is 11.6 Å². The quantitative estimate of drug-likeness (QED) is 0.220. The first-order valence-corrected chi connectivity index (χ1v) is 13.7. The van der Waals surface area contributed by atoms with Crippen molar-refractivity contribution in [2.24, 2.45) is 11.8 Å². The minimum atomic E-state index is -0.535. The van der Waals surface area contributed by atoms with Crippen LogP contribution >= 0.6 is 0 Å². The van der Waals surface area contributed by atoms with Crippen LogP contribution in [-0.4, -0.2) is 31.1 Å². The fraction of sp³-hybridized carbons (Fsp3) is 0.613. The molecule has 4 heteroatoms. The van der Waals surface area contributed by atoms with Crippen molar-refractivity contribution in [2.45, 2.75) is 86.2 Å². The van der Waals surface area contributed by atoms with Gasteiger partial charge >= 0.3 is 0 Å². The fourth-order valence-electron chi connectivity index (χ4n) is 5.06. The molecule has 0 amide bonds. The number of benzene rings is 2. The van der Waals surface area contributed by atoms with Gasteiger partial charge in [-0.1, -0.05) is 77.6 Å². The van der Waals surface area contributed by atoms with E-state index in [9.17, 15) is 8.78 Å². The Balaban J connectivity index is 2.19. The zero-order valence-corrected chi connectivity index (χ0v) is 22.9. The standard InChI is InChI=1S/C31H47F2NO/c1-7-25(8-2)20-34(21-26(9-3)10-4)22-30(31-23(5)13-11-14-24(31)6)35-18-12-15-27-16-17-28(32)19-29(27)33/h11,13-14,16-17,19,25-26,30H,7-10,12,15,18,20-22H2,1-6H3. The summed E-state index contributed by atoms with van der Waals surface area (Å²) in [5.41, 5.74) is 4.33. The van der Waals surface area contributed by atoms with Crippen LogP contribution in [0.4, 0.5) is 8.78 Å². The number of rotatable bonds is 16. The summed E-state index contributed by atoms with van der Waals surface area (Å²) in [6, 6.07) is 10.3. The summed E-state index contributed by atoms with van der Waals surface area (Å²) in [4.78, 5) is 2.63. The molecule has 2 aromatic rings. The Labute approximate surface area is 213 Å². The normalized spacial score (nSPS) is 12.8. The Morgan fingerprint density at radius 3 is 1.89 bits per heavy atom. The Kier molecular flexibility index (Phi) is 12.9. The molecule has 0 aliphatic rings. The third-order valence-corrected chi connectivity index (χ3v) is 7.55. The first-order chi connectivity index (χ1) is 16.8. The van der Waals surface area contributed by atoms with Crippen LogP contribution in [0, 0.1) is 37.3 Å². The first kappa shape index (κ1) is 29.5. The van der Waals surface area contributed by atoms with Gasteiger partial charge in [-0.3, -0.25) is 4.90 Å². The molecule has 0 aromatic heterocycles. The van der Waals surface area contributed by atoms with Crippen LogP contribution < -0.4 is 0 Å². The molecule has 0 aliphatic carbocycles. The van der Waals surface area contributed by atoms with Crippen molar-refractivity contribution >= 4 is 0 Å². The summed E-state index contributed by atoms with van der Waals surface area (Å²) >= 11 is 0. The van der Waals surface area contributed by atoms with Gasteiger partial charge in [0.15, 0.2) is 0 Å². The van der Waals surface area contributed by atoms with Crippen LogP contribution in [0.3, 0.4) is 0 Å². The van der Waals surface area contributed by atoms with Crippen LogP contribution in [0.1, 0.15) is 88.2 Å². The molecule has 0 radical (unpaired) electrons. The van der Waals surface area contributed by atoms with Crippen molar-refractivity contribution in [3.05, 3.63) is 70.3 Å². The van der Waals surface area contributed by atoms with Crippen LogP contribution in [0.5, 0.6) is 0 Å². The highest BCUT2D eigenvalue weighted by molar-refractivity contribution is 5.35. The summed E-state index contributed by atoms with van der Waals surface area (Å²) in [7, 11) is 0. The Bertz CT molecular complexity index is 842. The summed E-state index contributed by atoms with van der Waals surface area (Å²) in [5, 5.41) is 0. The molecular formula is C31H47F2NO. The number of nitrogens with zero attached hydrogens (tertiary/aromatic N) is 1. The van der Waals surface area contributed by atoms with E-state index in [0.29, 0.717) is 36.8 Å². The summed E-state index contributed by atoms with van der Waals surface area (Å²) in [6.07, 6.45) is 5.96. The molecule has 196 valence electrons. The molecule has 0 spiro atoms. The number of halogens is 2. The lowest BCUT2D eigenvalue weighted by Gasteiger charge is -2.34. The van der Waals surface area contributed by atoms with Gasteiger partial charge in [-0.15, -0.1) is 0 Å². The van der Waals surface area contributed by atoms with Gasteiger partial charge in [0.25, 0.3) is 0 Å². The maximum atomic E-state index is 14.1. The largest absolute Gasteiger partial charge is 0.372 e. The second kappa shape index (κ2) is 15.4. The molecule has 0 N–H and O–H groups in total. The Hall–Kier alpha value is -1.78. The van der Waals surface area contributed by atoms with E-state index in [-0.39, 0.29) is 6.10 Å². The Morgan fingerprint density at radius 1 is 0.800 bits per heavy atom. The molecule has 0 bridgehead atoms. The van der Waals surface area contributed by atoms with Crippen molar-refractivity contribution < 1.29 is 13.5 Å². The van der Waals surface area contributed by atoms with E-state index in [1.54, 1.807) is 6.07 Å². The molecular weight excluding hydrogens is 440 g/mol. The highest BCUT2D eigenvalue weighted by atomic mass is 19.1. The molecule has 0 saturated heterocycles. The minimum absolute atomic E-state index is 0.0296. The van der Waals surface area contributed by atoms with E-state index < -0.39 is 11.6 Å². The Morgan fingerprint density at radius 2 is 1.37 bits per heavy atom. The van der Waals surface area contributed by atoms with Crippen molar-refractivity contribution in [1.82, 2.24) is 4.90 Å². The molecule has 2 rings (SSSR count). The fourth-order valence-corrected chi connectivity index (χ4v) is 5.06. The second-order valence-electron chi connectivity index (χ2n) is 10.1. The van der Waals surface area contributed by atoms with Crippen molar-refractivity contribution in [3.8, 4) is 0 Å². The average Bonchev–Trinajstić information content (AvgIpc) is 2.83. The molecule has 2 aromatic carbocycles. The van der Waals surface area contributed by atoms with Crippen LogP contribution in [-0.2, 0) is 11.2 Å². The highest BCUT2D eigenvalue weighted by Gasteiger charge is 2.23. The van der Waals surface area contributed by atoms with Crippen molar-refractivity contribution in [2.75, 3.05) is 26.2 Å². The molecule has 1 atom stereocenters. The van der Waals surface area contributed by atoms with Gasteiger partial charge in [-0.25, -0.2) is 8.78 Å². The second-order valence-corrected chi connectivity index (χ2v) is 10.1. The SMILES string of the molecule is CCC(CC)CN(CC(CC)CC)CC(OCCCc1ccc(F)cc1F)c1c(C)cccc1C. The monoisotopic (exact) mass is 487 g/mol. The van der Waals surface area contributed by atoms with E-state index in [0.717, 1.165) is 25.7 Å². The lowest BCUT2D eigenvalue weighted by molar-refractivity contribution is 0.0149. The van der Waals surface area contributed by atoms with Crippen LogP contribution in [0.2, 0.25) is 0 Å². The summed E-state index contributed by atoms with van der Waals surface area (Å²) in [6.45, 7) is 17.1. The maximum Gasteiger partial charge on any atom is 0.129 e. The average molecular weight is 488 g/mol. The lowest BCUT2D eigenvalue weighted by Crippen LogP contribution is -2.37. The smallest absolute Gasteiger partial charge is 0.129 e. The van der Waals surface area contributed by atoms with Crippen LogP contribution in [0.15, 0.2) is 36.4 Å². The molecule has 0 aliphatic heterocycles. The highest BCUT2D eigenvalue weighted by Crippen LogP contribution is 2.28. The van der Waals surface area contributed by atoms with E-state index in [2.05, 4.69) is 64.6 Å². The van der Waals surface area contributed by atoms with Gasteiger partial charge < -0.3 is 4.74 Å². The molecule has 35 heavy (non-hydrogen) atoms.